The van der Waals surface area contributed by atoms with Crippen LogP contribution in [0.25, 0.3) is 0 Å². The zero-order chi connectivity index (χ0) is 13.9. The van der Waals surface area contributed by atoms with Gasteiger partial charge in [0.1, 0.15) is 0 Å². The molecule has 0 aromatic heterocycles. The van der Waals surface area contributed by atoms with E-state index in [1.165, 1.54) is 4.31 Å². The molecule has 112 valence electrons. The van der Waals surface area contributed by atoms with Crippen LogP contribution in [0.1, 0.15) is 25.7 Å². The predicted molar refractivity (Wildman–Crippen MR) is 74.0 cm³/mol. The van der Waals surface area contributed by atoms with Gasteiger partial charge in [-0.1, -0.05) is 0 Å². The number of nitrogens with zero attached hydrogens (tertiary/aromatic N) is 2. The van der Waals surface area contributed by atoms with Crippen molar-refractivity contribution in [3.05, 3.63) is 0 Å². The standard InChI is InChI=1S/C12H25N3O3S/c1-14-6-2-3-12(9-14)13-19(17,18)15-7-4-11(10-16)5-8-15/h11-13,16H,2-10H2,1H3. The number of piperidine rings is 2. The molecule has 0 aromatic rings. The highest BCUT2D eigenvalue weighted by Gasteiger charge is 2.30. The van der Waals surface area contributed by atoms with E-state index in [1.807, 2.05) is 7.05 Å². The fourth-order valence-electron chi connectivity index (χ4n) is 2.88. The maximum atomic E-state index is 12.3. The molecule has 2 heterocycles. The van der Waals surface area contributed by atoms with Crippen LogP contribution in [0.4, 0.5) is 0 Å². The number of nitrogens with one attached hydrogen (secondary N) is 1. The lowest BCUT2D eigenvalue weighted by atomic mass is 10.00. The van der Waals surface area contributed by atoms with Gasteiger partial charge in [-0.3, -0.25) is 0 Å². The van der Waals surface area contributed by atoms with E-state index in [9.17, 15) is 8.42 Å². The number of aliphatic hydroxyl groups is 1. The van der Waals surface area contributed by atoms with Gasteiger partial charge in [-0.05, 0) is 45.2 Å². The van der Waals surface area contributed by atoms with Crippen LogP contribution in [0.3, 0.4) is 0 Å². The summed E-state index contributed by atoms with van der Waals surface area (Å²) in [6, 6.07) is 0.0271. The number of likely N-dealkylation sites (N-methyl/N-ethyl adjacent to an activating group) is 1. The Labute approximate surface area is 116 Å². The second-order valence-electron chi connectivity index (χ2n) is 5.75. The van der Waals surface area contributed by atoms with Crippen LogP contribution in [0.15, 0.2) is 0 Å². The normalized spacial score (nSPS) is 28.6. The minimum Gasteiger partial charge on any atom is -0.396 e. The lowest BCUT2D eigenvalue weighted by molar-refractivity contribution is 0.168. The first-order chi connectivity index (χ1) is 9.01. The molecule has 0 aromatic carbocycles. The van der Waals surface area contributed by atoms with Gasteiger partial charge in [0.2, 0.25) is 0 Å². The molecule has 0 bridgehead atoms. The molecule has 2 N–H and O–H groups in total. The van der Waals surface area contributed by atoms with Crippen LogP contribution in [0.2, 0.25) is 0 Å². The molecule has 1 unspecified atom stereocenters. The summed E-state index contributed by atoms with van der Waals surface area (Å²) in [6.45, 7) is 3.02. The first-order valence-corrected chi connectivity index (χ1v) is 8.52. The summed E-state index contributed by atoms with van der Waals surface area (Å²) in [6.07, 6.45) is 3.46. The Bertz CT molecular complexity index is 380. The van der Waals surface area contributed by atoms with Crippen molar-refractivity contribution in [2.75, 3.05) is 39.8 Å². The number of rotatable bonds is 4. The van der Waals surface area contributed by atoms with Gasteiger partial charge in [-0.2, -0.15) is 17.4 Å². The Hall–Kier alpha value is -0.210. The second kappa shape index (κ2) is 6.49. The average Bonchev–Trinajstić information content (AvgIpc) is 2.38. The van der Waals surface area contributed by atoms with Gasteiger partial charge in [-0.15, -0.1) is 0 Å². The minimum absolute atomic E-state index is 0.0271. The first kappa shape index (κ1) is 15.2. The molecule has 2 fully saturated rings. The lowest BCUT2D eigenvalue weighted by Crippen LogP contribution is -2.52. The van der Waals surface area contributed by atoms with Crippen LogP contribution in [-0.2, 0) is 10.2 Å². The van der Waals surface area contributed by atoms with Crippen molar-refractivity contribution >= 4 is 10.2 Å². The lowest BCUT2D eigenvalue weighted by Gasteiger charge is -2.34. The molecular formula is C12H25N3O3S. The molecule has 0 radical (unpaired) electrons. The van der Waals surface area contributed by atoms with E-state index in [1.54, 1.807) is 0 Å². The van der Waals surface area contributed by atoms with E-state index >= 15 is 0 Å². The molecule has 1 atom stereocenters. The van der Waals surface area contributed by atoms with Crippen LogP contribution in [0, 0.1) is 5.92 Å². The smallest absolute Gasteiger partial charge is 0.279 e. The first-order valence-electron chi connectivity index (χ1n) is 7.08. The average molecular weight is 291 g/mol. The Morgan fingerprint density at radius 1 is 1.21 bits per heavy atom. The van der Waals surface area contributed by atoms with E-state index in [-0.39, 0.29) is 18.6 Å². The van der Waals surface area contributed by atoms with Gasteiger partial charge in [0, 0.05) is 32.3 Å². The molecule has 7 heteroatoms. The van der Waals surface area contributed by atoms with Crippen molar-refractivity contribution in [3.8, 4) is 0 Å². The molecule has 2 aliphatic heterocycles. The summed E-state index contributed by atoms with van der Waals surface area (Å²) in [5.74, 6) is 0.257. The van der Waals surface area contributed by atoms with Crippen molar-refractivity contribution in [1.29, 1.82) is 0 Å². The Morgan fingerprint density at radius 3 is 2.47 bits per heavy atom. The van der Waals surface area contributed by atoms with E-state index in [4.69, 9.17) is 5.11 Å². The maximum Gasteiger partial charge on any atom is 0.279 e. The van der Waals surface area contributed by atoms with Crippen LogP contribution >= 0.6 is 0 Å². The number of likely N-dealkylation sites (tertiary alicyclic amines) is 1. The molecule has 2 aliphatic rings. The highest BCUT2D eigenvalue weighted by molar-refractivity contribution is 7.87. The number of hydrogen-bond donors (Lipinski definition) is 2. The molecule has 6 nitrogen and oxygen atoms in total. The molecule has 19 heavy (non-hydrogen) atoms. The predicted octanol–water partition coefficient (Wildman–Crippen LogP) is -0.381. The molecule has 0 aliphatic carbocycles. The third-order valence-electron chi connectivity index (χ3n) is 4.11. The van der Waals surface area contributed by atoms with Crippen molar-refractivity contribution < 1.29 is 13.5 Å². The second-order valence-corrected chi connectivity index (χ2v) is 7.45. The van der Waals surface area contributed by atoms with Gasteiger partial charge >= 0.3 is 0 Å². The highest BCUT2D eigenvalue weighted by atomic mass is 32.2. The van der Waals surface area contributed by atoms with Crippen molar-refractivity contribution in [2.45, 2.75) is 31.7 Å². The quantitative estimate of drug-likeness (QED) is 0.740. The molecule has 0 amide bonds. The van der Waals surface area contributed by atoms with Crippen LogP contribution < -0.4 is 4.72 Å². The zero-order valence-electron chi connectivity index (χ0n) is 11.6. The van der Waals surface area contributed by atoms with Gasteiger partial charge in [-0.25, -0.2) is 0 Å². The van der Waals surface area contributed by atoms with Crippen LogP contribution in [0.5, 0.6) is 0 Å². The van der Waals surface area contributed by atoms with Gasteiger partial charge < -0.3 is 10.0 Å². The summed E-state index contributed by atoms with van der Waals surface area (Å²) in [4.78, 5) is 2.16. The Kier molecular flexibility index (Phi) is 5.19. The molecule has 2 saturated heterocycles. The van der Waals surface area contributed by atoms with E-state index < -0.39 is 10.2 Å². The SMILES string of the molecule is CN1CCCC(NS(=O)(=O)N2CCC(CO)CC2)C1. The van der Waals surface area contributed by atoms with Crippen LogP contribution in [-0.4, -0.2) is 68.6 Å². The summed E-state index contributed by atoms with van der Waals surface area (Å²) in [7, 11) is -1.34. The van der Waals surface area contributed by atoms with Crippen molar-refractivity contribution in [2.24, 2.45) is 5.92 Å². The monoisotopic (exact) mass is 291 g/mol. The largest absolute Gasteiger partial charge is 0.396 e. The van der Waals surface area contributed by atoms with Crippen molar-refractivity contribution in [3.63, 3.8) is 0 Å². The minimum atomic E-state index is -3.36. The molecule has 2 rings (SSSR count). The fourth-order valence-corrected chi connectivity index (χ4v) is 4.33. The maximum absolute atomic E-state index is 12.3. The summed E-state index contributed by atoms with van der Waals surface area (Å²) < 4.78 is 28.9. The van der Waals surface area contributed by atoms with E-state index in [0.717, 1.165) is 38.8 Å². The summed E-state index contributed by atoms with van der Waals surface area (Å²) in [5.41, 5.74) is 0. The Morgan fingerprint density at radius 2 is 1.89 bits per heavy atom. The highest BCUT2D eigenvalue weighted by Crippen LogP contribution is 2.19. The number of aliphatic hydroxyl groups excluding tert-OH is 1. The topological polar surface area (TPSA) is 72.9 Å². The third-order valence-corrected chi connectivity index (χ3v) is 5.79. The molecule has 0 saturated carbocycles. The van der Waals surface area contributed by atoms with Crippen molar-refractivity contribution in [1.82, 2.24) is 13.9 Å². The summed E-state index contributed by atoms with van der Waals surface area (Å²) >= 11 is 0. The number of hydrogen-bond acceptors (Lipinski definition) is 4. The zero-order valence-corrected chi connectivity index (χ0v) is 12.4. The van der Waals surface area contributed by atoms with Gasteiger partial charge in [0.05, 0.1) is 0 Å². The summed E-state index contributed by atoms with van der Waals surface area (Å²) in [5, 5.41) is 9.08. The molecule has 0 spiro atoms. The van der Waals surface area contributed by atoms with E-state index in [0.29, 0.717) is 13.1 Å². The van der Waals surface area contributed by atoms with E-state index in [2.05, 4.69) is 9.62 Å². The third kappa shape index (κ3) is 4.13. The van der Waals surface area contributed by atoms with Gasteiger partial charge in [0.25, 0.3) is 10.2 Å². The van der Waals surface area contributed by atoms with Gasteiger partial charge in [0.15, 0.2) is 0 Å². The fraction of sp³-hybridized carbons (Fsp3) is 1.00. The Balaban J connectivity index is 1.88. The molecular weight excluding hydrogens is 266 g/mol.